The van der Waals surface area contributed by atoms with Crippen molar-refractivity contribution in [1.82, 2.24) is 29.1 Å². The molecule has 0 radical (unpaired) electrons. The number of benzene rings is 1. The lowest BCUT2D eigenvalue weighted by Gasteiger charge is -2.13. The number of anilines is 1. The number of hydrogen-bond acceptors (Lipinski definition) is 7. The first-order valence-electron chi connectivity index (χ1n) is 10.4. The molecule has 0 bridgehead atoms. The molecule has 4 aromatic heterocycles. The lowest BCUT2D eigenvalue weighted by atomic mass is 10.0. The van der Waals surface area contributed by atoms with Crippen molar-refractivity contribution in [2.75, 3.05) is 12.8 Å². The van der Waals surface area contributed by atoms with Crippen molar-refractivity contribution >= 4 is 11.6 Å². The number of hydrogen-bond donors (Lipinski definition) is 1. The standard InChI is InChI=1S/C24H20FN7O2/c1-31-13-15(7-10-20(31)33)21-22(14-5-8-16(34-2)9-6-14)29-24(26)32-23(21)28-19(30-32)12-18-17(25)4-3-11-27-18/h3-11,13H,12H2,1-2H3,(H2,26,29). The molecule has 0 aliphatic rings. The van der Waals surface area contributed by atoms with Crippen LogP contribution in [-0.2, 0) is 13.5 Å². The number of nitrogens with two attached hydrogens (primary N) is 1. The van der Waals surface area contributed by atoms with Gasteiger partial charge in [-0.1, -0.05) is 0 Å². The second-order valence-electron chi connectivity index (χ2n) is 7.66. The number of aryl methyl sites for hydroxylation is 1. The second-order valence-corrected chi connectivity index (χ2v) is 7.66. The zero-order valence-electron chi connectivity index (χ0n) is 18.4. The van der Waals surface area contributed by atoms with Gasteiger partial charge < -0.3 is 15.0 Å². The Labute approximate surface area is 193 Å². The summed E-state index contributed by atoms with van der Waals surface area (Å²) in [6.07, 6.45) is 3.30. The molecular weight excluding hydrogens is 437 g/mol. The number of ether oxygens (including phenoxy) is 1. The first-order valence-corrected chi connectivity index (χ1v) is 10.4. The summed E-state index contributed by atoms with van der Waals surface area (Å²) in [6.45, 7) is 0. The van der Waals surface area contributed by atoms with Crippen molar-refractivity contribution < 1.29 is 9.13 Å². The zero-order valence-corrected chi connectivity index (χ0v) is 18.4. The summed E-state index contributed by atoms with van der Waals surface area (Å²) in [7, 11) is 3.26. The van der Waals surface area contributed by atoms with Gasteiger partial charge in [-0.25, -0.2) is 14.4 Å². The minimum absolute atomic E-state index is 0.0817. The summed E-state index contributed by atoms with van der Waals surface area (Å²) in [5.74, 6) is 0.715. The van der Waals surface area contributed by atoms with Crippen LogP contribution in [0.5, 0.6) is 5.75 Å². The summed E-state index contributed by atoms with van der Waals surface area (Å²) in [5.41, 5.74) is 9.45. The number of aromatic nitrogens is 6. The predicted molar refractivity (Wildman–Crippen MR) is 125 cm³/mol. The molecule has 0 amide bonds. The van der Waals surface area contributed by atoms with Crippen molar-refractivity contribution in [1.29, 1.82) is 0 Å². The van der Waals surface area contributed by atoms with Crippen LogP contribution in [0.2, 0.25) is 0 Å². The topological polar surface area (TPSA) is 113 Å². The molecule has 170 valence electrons. The molecule has 0 spiro atoms. The van der Waals surface area contributed by atoms with Crippen LogP contribution < -0.4 is 16.0 Å². The van der Waals surface area contributed by atoms with Gasteiger partial charge in [-0.05, 0) is 42.5 Å². The quantitative estimate of drug-likeness (QED) is 0.432. The average molecular weight is 457 g/mol. The van der Waals surface area contributed by atoms with Crippen molar-refractivity contribution in [3.63, 3.8) is 0 Å². The van der Waals surface area contributed by atoms with Gasteiger partial charge in [0.05, 0.1) is 30.5 Å². The lowest BCUT2D eigenvalue weighted by molar-refractivity contribution is 0.415. The van der Waals surface area contributed by atoms with E-state index in [1.807, 2.05) is 24.3 Å². The second kappa shape index (κ2) is 8.39. The predicted octanol–water partition coefficient (Wildman–Crippen LogP) is 2.87. The average Bonchev–Trinajstić information content (AvgIpc) is 3.27. The fourth-order valence-corrected chi connectivity index (χ4v) is 3.74. The van der Waals surface area contributed by atoms with Crippen LogP contribution in [0, 0.1) is 5.82 Å². The fourth-order valence-electron chi connectivity index (χ4n) is 3.74. The maximum Gasteiger partial charge on any atom is 0.250 e. The number of nitrogens with zero attached hydrogens (tertiary/aromatic N) is 6. The van der Waals surface area contributed by atoms with Crippen LogP contribution in [-0.4, -0.2) is 36.2 Å². The molecule has 0 atom stereocenters. The number of pyridine rings is 2. The number of rotatable bonds is 5. The third-order valence-corrected chi connectivity index (χ3v) is 5.45. The highest BCUT2D eigenvalue weighted by atomic mass is 19.1. The van der Waals surface area contributed by atoms with Crippen LogP contribution >= 0.6 is 0 Å². The fraction of sp³-hybridized carbons (Fsp3) is 0.125. The Bertz CT molecular complexity index is 1580. The van der Waals surface area contributed by atoms with Crippen molar-refractivity contribution in [2.24, 2.45) is 7.05 Å². The molecule has 0 aliphatic carbocycles. The monoisotopic (exact) mass is 457 g/mol. The molecule has 0 saturated heterocycles. The smallest absolute Gasteiger partial charge is 0.250 e. The summed E-state index contributed by atoms with van der Waals surface area (Å²) in [4.78, 5) is 25.4. The van der Waals surface area contributed by atoms with E-state index in [0.29, 0.717) is 34.0 Å². The SMILES string of the molecule is COc1ccc(-c2nc(N)n3nc(Cc4ncccc4F)nc3c2-c2ccc(=O)n(C)c2)cc1. The van der Waals surface area contributed by atoms with Gasteiger partial charge >= 0.3 is 0 Å². The molecular formula is C24H20FN7O2. The summed E-state index contributed by atoms with van der Waals surface area (Å²) >= 11 is 0. The van der Waals surface area contributed by atoms with Gasteiger partial charge in [-0.2, -0.15) is 4.52 Å². The molecule has 34 heavy (non-hydrogen) atoms. The zero-order chi connectivity index (χ0) is 23.8. The van der Waals surface area contributed by atoms with E-state index in [1.54, 1.807) is 26.4 Å². The highest BCUT2D eigenvalue weighted by Gasteiger charge is 2.21. The van der Waals surface area contributed by atoms with Crippen molar-refractivity contribution in [3.8, 4) is 28.1 Å². The summed E-state index contributed by atoms with van der Waals surface area (Å²) in [6, 6.07) is 13.4. The highest BCUT2D eigenvalue weighted by Crippen LogP contribution is 2.35. The third kappa shape index (κ3) is 3.75. The maximum atomic E-state index is 14.2. The number of nitrogen functional groups attached to an aromatic ring is 1. The molecule has 4 heterocycles. The summed E-state index contributed by atoms with van der Waals surface area (Å²) in [5, 5.41) is 4.46. The van der Waals surface area contributed by atoms with Gasteiger partial charge in [0.15, 0.2) is 11.5 Å². The molecule has 0 saturated carbocycles. The van der Waals surface area contributed by atoms with Gasteiger partial charge in [0, 0.05) is 36.6 Å². The van der Waals surface area contributed by atoms with Gasteiger partial charge in [0.2, 0.25) is 11.5 Å². The van der Waals surface area contributed by atoms with E-state index in [2.05, 4.69) is 20.1 Å². The Kier molecular flexibility index (Phi) is 5.25. The Morgan fingerprint density at radius 1 is 1.06 bits per heavy atom. The minimum atomic E-state index is -0.440. The van der Waals surface area contributed by atoms with Crippen molar-refractivity contribution in [3.05, 3.63) is 88.6 Å². The van der Waals surface area contributed by atoms with Gasteiger partial charge in [0.1, 0.15) is 11.6 Å². The van der Waals surface area contributed by atoms with E-state index >= 15 is 0 Å². The van der Waals surface area contributed by atoms with Gasteiger partial charge in [-0.15, -0.1) is 5.10 Å². The van der Waals surface area contributed by atoms with E-state index in [1.165, 1.54) is 33.5 Å². The van der Waals surface area contributed by atoms with E-state index < -0.39 is 5.82 Å². The largest absolute Gasteiger partial charge is 0.497 e. The molecule has 5 aromatic rings. The van der Waals surface area contributed by atoms with Crippen LogP contribution in [0.15, 0.2) is 65.7 Å². The number of halogens is 1. The molecule has 5 rings (SSSR count). The highest BCUT2D eigenvalue weighted by molar-refractivity contribution is 5.90. The van der Waals surface area contributed by atoms with E-state index in [9.17, 15) is 9.18 Å². The van der Waals surface area contributed by atoms with Crippen molar-refractivity contribution in [2.45, 2.75) is 6.42 Å². The van der Waals surface area contributed by atoms with Crippen LogP contribution in [0.1, 0.15) is 11.5 Å². The molecule has 1 aromatic carbocycles. The third-order valence-electron chi connectivity index (χ3n) is 5.45. The van der Waals surface area contributed by atoms with Crippen LogP contribution in [0.25, 0.3) is 28.0 Å². The molecule has 10 heteroatoms. The van der Waals surface area contributed by atoms with E-state index in [4.69, 9.17) is 10.5 Å². The van der Waals surface area contributed by atoms with Gasteiger partial charge in [-0.3, -0.25) is 9.78 Å². The first-order chi connectivity index (χ1) is 16.4. The Hall–Kier alpha value is -4.60. The molecule has 0 fully saturated rings. The van der Waals surface area contributed by atoms with Gasteiger partial charge in [0.25, 0.3) is 0 Å². The van der Waals surface area contributed by atoms with Crippen LogP contribution in [0.4, 0.5) is 10.3 Å². The Balaban J connectivity index is 1.75. The number of methoxy groups -OCH3 is 1. The minimum Gasteiger partial charge on any atom is -0.497 e. The first kappa shape index (κ1) is 21.3. The lowest BCUT2D eigenvalue weighted by Crippen LogP contribution is -2.14. The van der Waals surface area contributed by atoms with Crippen LogP contribution in [0.3, 0.4) is 0 Å². The molecule has 0 unspecified atom stereocenters. The molecule has 0 aliphatic heterocycles. The van der Waals surface area contributed by atoms with E-state index in [-0.39, 0.29) is 23.6 Å². The number of fused-ring (bicyclic) bond motifs is 1. The normalized spacial score (nSPS) is 11.1. The maximum absolute atomic E-state index is 14.2. The Morgan fingerprint density at radius 2 is 1.82 bits per heavy atom. The summed E-state index contributed by atoms with van der Waals surface area (Å²) < 4.78 is 22.3. The van der Waals surface area contributed by atoms with E-state index in [0.717, 1.165) is 5.56 Å². The molecule has 2 N–H and O–H groups in total. The Morgan fingerprint density at radius 3 is 2.53 bits per heavy atom. The molecule has 9 nitrogen and oxygen atoms in total.